The van der Waals surface area contributed by atoms with Crippen molar-refractivity contribution in [3.8, 4) is 11.5 Å². The van der Waals surface area contributed by atoms with E-state index in [1.807, 2.05) is 6.07 Å². The fraction of sp³-hybridized carbons (Fsp3) is 0.538. The minimum Gasteiger partial charge on any atom is -0.493 e. The van der Waals surface area contributed by atoms with Crippen LogP contribution in [-0.4, -0.2) is 14.2 Å². The van der Waals surface area contributed by atoms with Crippen LogP contribution in [-0.2, 0) is 5.41 Å². The molecule has 0 unspecified atom stereocenters. The molecule has 0 bridgehead atoms. The van der Waals surface area contributed by atoms with Crippen LogP contribution in [0.15, 0.2) is 18.2 Å². The monoisotopic (exact) mass is 206 g/mol. The minimum atomic E-state index is 0.361. The second-order valence-electron chi connectivity index (χ2n) is 4.48. The first-order valence-corrected chi connectivity index (χ1v) is 5.42. The van der Waals surface area contributed by atoms with Crippen LogP contribution in [0.2, 0.25) is 0 Å². The summed E-state index contributed by atoms with van der Waals surface area (Å²) >= 11 is 0. The van der Waals surface area contributed by atoms with Crippen molar-refractivity contribution in [1.82, 2.24) is 0 Å². The summed E-state index contributed by atoms with van der Waals surface area (Å²) in [4.78, 5) is 0. The first-order chi connectivity index (χ1) is 7.19. The standard InChI is InChI=1S/C13H18O2/c1-13(7-4-8-13)10-5-6-11(14-2)12(9-10)15-3/h5-6,9H,4,7-8H2,1-3H3. The van der Waals surface area contributed by atoms with Gasteiger partial charge in [-0.15, -0.1) is 0 Å². The van der Waals surface area contributed by atoms with Crippen molar-refractivity contribution in [1.29, 1.82) is 0 Å². The summed E-state index contributed by atoms with van der Waals surface area (Å²) in [6, 6.07) is 6.26. The normalized spacial score (nSPS) is 18.1. The van der Waals surface area contributed by atoms with Crippen molar-refractivity contribution >= 4 is 0 Å². The lowest BCUT2D eigenvalue weighted by Gasteiger charge is -2.39. The summed E-state index contributed by atoms with van der Waals surface area (Å²) in [6.45, 7) is 2.32. The van der Waals surface area contributed by atoms with Crippen molar-refractivity contribution in [2.45, 2.75) is 31.6 Å². The van der Waals surface area contributed by atoms with Gasteiger partial charge >= 0.3 is 0 Å². The second-order valence-corrected chi connectivity index (χ2v) is 4.48. The molecule has 82 valence electrons. The van der Waals surface area contributed by atoms with Crippen molar-refractivity contribution in [3.05, 3.63) is 23.8 Å². The van der Waals surface area contributed by atoms with Gasteiger partial charge in [-0.1, -0.05) is 19.4 Å². The number of ether oxygens (including phenoxy) is 2. The highest BCUT2D eigenvalue weighted by Gasteiger charge is 2.33. The average molecular weight is 206 g/mol. The van der Waals surface area contributed by atoms with Gasteiger partial charge < -0.3 is 9.47 Å². The van der Waals surface area contributed by atoms with E-state index < -0.39 is 0 Å². The van der Waals surface area contributed by atoms with E-state index in [2.05, 4.69) is 19.1 Å². The van der Waals surface area contributed by atoms with Crippen molar-refractivity contribution in [2.24, 2.45) is 0 Å². The van der Waals surface area contributed by atoms with E-state index in [0.717, 1.165) is 11.5 Å². The Hall–Kier alpha value is -1.18. The van der Waals surface area contributed by atoms with Crippen LogP contribution in [0.25, 0.3) is 0 Å². The molecular weight excluding hydrogens is 188 g/mol. The quantitative estimate of drug-likeness (QED) is 0.756. The van der Waals surface area contributed by atoms with Crippen LogP contribution >= 0.6 is 0 Å². The van der Waals surface area contributed by atoms with Crippen molar-refractivity contribution < 1.29 is 9.47 Å². The molecule has 15 heavy (non-hydrogen) atoms. The van der Waals surface area contributed by atoms with E-state index in [-0.39, 0.29) is 0 Å². The van der Waals surface area contributed by atoms with E-state index in [1.165, 1.54) is 24.8 Å². The average Bonchev–Trinajstić information content (AvgIpc) is 2.25. The van der Waals surface area contributed by atoms with E-state index >= 15 is 0 Å². The maximum Gasteiger partial charge on any atom is 0.161 e. The second kappa shape index (κ2) is 3.76. The molecule has 1 aromatic carbocycles. The molecule has 0 aromatic heterocycles. The number of hydrogen-bond donors (Lipinski definition) is 0. The van der Waals surface area contributed by atoms with Crippen LogP contribution in [0.5, 0.6) is 11.5 Å². The molecule has 0 radical (unpaired) electrons. The Morgan fingerprint density at radius 3 is 2.20 bits per heavy atom. The molecule has 1 aliphatic carbocycles. The molecule has 1 aliphatic rings. The summed E-state index contributed by atoms with van der Waals surface area (Å²) in [5, 5.41) is 0. The molecule has 1 fully saturated rings. The summed E-state index contributed by atoms with van der Waals surface area (Å²) in [6.07, 6.45) is 3.90. The highest BCUT2D eigenvalue weighted by Crippen LogP contribution is 2.45. The first kappa shape index (κ1) is 10.3. The Bertz CT molecular complexity index is 354. The SMILES string of the molecule is COc1ccc(C2(C)CCC2)cc1OC. The molecule has 2 nitrogen and oxygen atoms in total. The summed E-state index contributed by atoms with van der Waals surface area (Å²) in [5.74, 6) is 1.65. The van der Waals surface area contributed by atoms with Gasteiger partial charge in [0.05, 0.1) is 14.2 Å². The van der Waals surface area contributed by atoms with Gasteiger partial charge in [0.15, 0.2) is 11.5 Å². The summed E-state index contributed by atoms with van der Waals surface area (Å²) < 4.78 is 10.5. The van der Waals surface area contributed by atoms with Crippen LogP contribution in [0.1, 0.15) is 31.7 Å². The van der Waals surface area contributed by atoms with Gasteiger partial charge in [0.1, 0.15) is 0 Å². The molecule has 0 aliphatic heterocycles. The smallest absolute Gasteiger partial charge is 0.161 e. The van der Waals surface area contributed by atoms with Crippen molar-refractivity contribution in [2.75, 3.05) is 14.2 Å². The Balaban J connectivity index is 2.34. The summed E-state index contributed by atoms with van der Waals surface area (Å²) in [7, 11) is 3.35. The van der Waals surface area contributed by atoms with Crippen LogP contribution < -0.4 is 9.47 Å². The lowest BCUT2D eigenvalue weighted by molar-refractivity contribution is 0.270. The maximum atomic E-state index is 5.32. The molecule has 0 heterocycles. The Labute approximate surface area is 91.2 Å². The molecule has 1 aromatic rings. The van der Waals surface area contributed by atoms with Gasteiger partial charge in [0, 0.05) is 0 Å². The molecule has 0 atom stereocenters. The van der Waals surface area contributed by atoms with Crippen LogP contribution in [0.4, 0.5) is 0 Å². The minimum absolute atomic E-state index is 0.361. The predicted octanol–water partition coefficient (Wildman–Crippen LogP) is 3.15. The number of methoxy groups -OCH3 is 2. The zero-order valence-corrected chi connectivity index (χ0v) is 9.67. The molecule has 0 amide bonds. The Kier molecular flexibility index (Phi) is 2.59. The zero-order valence-electron chi connectivity index (χ0n) is 9.67. The molecule has 0 saturated heterocycles. The third-order valence-corrected chi connectivity index (χ3v) is 3.54. The third kappa shape index (κ3) is 1.69. The molecule has 0 N–H and O–H groups in total. The van der Waals surface area contributed by atoms with Gasteiger partial charge in [-0.3, -0.25) is 0 Å². The van der Waals surface area contributed by atoms with Gasteiger partial charge in [0.2, 0.25) is 0 Å². The highest BCUT2D eigenvalue weighted by molar-refractivity contribution is 5.45. The first-order valence-electron chi connectivity index (χ1n) is 5.42. The van der Waals surface area contributed by atoms with E-state index in [1.54, 1.807) is 14.2 Å². The highest BCUT2D eigenvalue weighted by atomic mass is 16.5. The van der Waals surface area contributed by atoms with Crippen LogP contribution in [0.3, 0.4) is 0 Å². The molecule has 2 heteroatoms. The zero-order chi connectivity index (χ0) is 10.9. The largest absolute Gasteiger partial charge is 0.493 e. The van der Waals surface area contributed by atoms with Crippen LogP contribution in [0, 0.1) is 0 Å². The Morgan fingerprint density at radius 2 is 1.73 bits per heavy atom. The van der Waals surface area contributed by atoms with Gasteiger partial charge in [-0.25, -0.2) is 0 Å². The van der Waals surface area contributed by atoms with E-state index in [4.69, 9.17) is 9.47 Å². The fourth-order valence-corrected chi connectivity index (χ4v) is 2.21. The number of hydrogen-bond acceptors (Lipinski definition) is 2. The van der Waals surface area contributed by atoms with Gasteiger partial charge in [0.25, 0.3) is 0 Å². The maximum absolute atomic E-state index is 5.32. The predicted molar refractivity (Wildman–Crippen MR) is 60.7 cm³/mol. The molecular formula is C13H18O2. The topological polar surface area (TPSA) is 18.5 Å². The lowest BCUT2D eigenvalue weighted by atomic mass is 9.66. The van der Waals surface area contributed by atoms with E-state index in [9.17, 15) is 0 Å². The van der Waals surface area contributed by atoms with Gasteiger partial charge in [-0.05, 0) is 36.0 Å². The number of benzene rings is 1. The Morgan fingerprint density at radius 1 is 1.07 bits per heavy atom. The molecule has 2 rings (SSSR count). The third-order valence-electron chi connectivity index (χ3n) is 3.54. The molecule has 1 saturated carbocycles. The lowest BCUT2D eigenvalue weighted by Crippen LogP contribution is -2.30. The summed E-state index contributed by atoms with van der Waals surface area (Å²) in [5.41, 5.74) is 1.73. The fourth-order valence-electron chi connectivity index (χ4n) is 2.21. The molecule has 0 spiro atoms. The van der Waals surface area contributed by atoms with Crippen molar-refractivity contribution in [3.63, 3.8) is 0 Å². The van der Waals surface area contributed by atoms with Gasteiger partial charge in [-0.2, -0.15) is 0 Å². The number of rotatable bonds is 3. The van der Waals surface area contributed by atoms with E-state index in [0.29, 0.717) is 5.41 Å².